The third-order valence-corrected chi connectivity index (χ3v) is 6.35. The van der Waals surface area contributed by atoms with Crippen LogP contribution in [0.2, 0.25) is 0 Å². The molecule has 1 aliphatic rings. The van der Waals surface area contributed by atoms with Gasteiger partial charge in [-0.2, -0.15) is 5.10 Å². The molecule has 5 rings (SSSR count). The molecular weight excluding hydrogens is 468 g/mol. The molecule has 0 saturated heterocycles. The number of phenols is 1. The lowest BCUT2D eigenvalue weighted by atomic mass is 9.94. The molecule has 1 unspecified atom stereocenters. The predicted octanol–water partition coefficient (Wildman–Crippen LogP) is 5.30. The summed E-state index contributed by atoms with van der Waals surface area (Å²) in [6, 6.07) is 15.3. The van der Waals surface area contributed by atoms with Crippen LogP contribution in [-0.2, 0) is 6.54 Å². The van der Waals surface area contributed by atoms with Crippen molar-refractivity contribution in [3.8, 4) is 17.0 Å². The van der Waals surface area contributed by atoms with Gasteiger partial charge in [-0.3, -0.25) is 14.9 Å². The minimum atomic E-state index is -0.347. The molecule has 1 amide bonds. The molecule has 2 aromatic heterocycles. The maximum absolute atomic E-state index is 13.5. The lowest BCUT2D eigenvalue weighted by molar-refractivity contribution is 0.0730. The Hall–Kier alpha value is -3.45. The minimum Gasteiger partial charge on any atom is -0.507 e. The highest BCUT2D eigenvalue weighted by Gasteiger charge is 2.42. The fourth-order valence-corrected chi connectivity index (χ4v) is 4.65. The Morgan fingerprint density at radius 1 is 1.16 bits per heavy atom. The highest BCUT2D eigenvalue weighted by Crippen LogP contribution is 2.45. The summed E-state index contributed by atoms with van der Waals surface area (Å²) < 4.78 is 0.962. The number of carbonyl (C=O) groups is 1. The fourth-order valence-electron chi connectivity index (χ4n) is 4.39. The standard InChI is InChI=1S/C25H21BrN4O2/c1-14-10-15(2)24(31)19(11-14)21-20-22(29-28-21)25(32)30(13-16-4-3-9-27-12-16)23(20)17-5-7-18(26)8-6-17/h3-12,23,31H,13H2,1-2H3,(H,28,29). The van der Waals surface area contributed by atoms with Gasteiger partial charge in [-0.15, -0.1) is 0 Å². The van der Waals surface area contributed by atoms with E-state index in [1.54, 1.807) is 12.4 Å². The van der Waals surface area contributed by atoms with E-state index in [0.29, 0.717) is 23.5 Å². The van der Waals surface area contributed by atoms with Crippen LogP contribution < -0.4 is 0 Å². The number of benzene rings is 2. The van der Waals surface area contributed by atoms with Crippen molar-refractivity contribution >= 4 is 21.8 Å². The van der Waals surface area contributed by atoms with Crippen LogP contribution >= 0.6 is 15.9 Å². The van der Waals surface area contributed by atoms with Crippen LogP contribution in [0.25, 0.3) is 11.3 Å². The van der Waals surface area contributed by atoms with Crippen molar-refractivity contribution in [2.24, 2.45) is 0 Å². The van der Waals surface area contributed by atoms with Crippen molar-refractivity contribution < 1.29 is 9.90 Å². The van der Waals surface area contributed by atoms with Crippen molar-refractivity contribution in [3.63, 3.8) is 0 Å². The van der Waals surface area contributed by atoms with Crippen LogP contribution in [0.15, 0.2) is 65.4 Å². The zero-order valence-corrected chi connectivity index (χ0v) is 19.2. The van der Waals surface area contributed by atoms with Gasteiger partial charge >= 0.3 is 0 Å². The lowest BCUT2D eigenvalue weighted by Gasteiger charge is -2.26. The fraction of sp³-hybridized carbons (Fsp3) is 0.160. The number of aromatic amines is 1. The van der Waals surface area contributed by atoms with Crippen molar-refractivity contribution in [3.05, 3.63) is 98.9 Å². The SMILES string of the molecule is Cc1cc(C)c(O)c(-c2n[nH]c3c2C(c2ccc(Br)cc2)N(Cc2cccnc2)C3=O)c1. The quantitative estimate of drug-likeness (QED) is 0.408. The number of halogens is 1. The van der Waals surface area contributed by atoms with Crippen molar-refractivity contribution in [2.45, 2.75) is 26.4 Å². The normalized spacial score (nSPS) is 15.3. The van der Waals surface area contributed by atoms with Gasteiger partial charge < -0.3 is 10.0 Å². The highest BCUT2D eigenvalue weighted by atomic mass is 79.9. The molecule has 0 spiro atoms. The second-order valence-electron chi connectivity index (χ2n) is 8.09. The molecule has 1 aliphatic heterocycles. The first-order chi connectivity index (χ1) is 15.4. The molecule has 2 N–H and O–H groups in total. The van der Waals surface area contributed by atoms with Crippen LogP contribution in [-0.4, -0.2) is 31.1 Å². The molecule has 2 aromatic carbocycles. The Morgan fingerprint density at radius 3 is 2.66 bits per heavy atom. The number of hydrogen-bond acceptors (Lipinski definition) is 4. The number of fused-ring (bicyclic) bond motifs is 1. The Labute approximate surface area is 194 Å². The first-order valence-electron chi connectivity index (χ1n) is 10.3. The average molecular weight is 489 g/mol. The molecule has 4 aromatic rings. The number of nitrogens with zero attached hydrogens (tertiary/aromatic N) is 3. The number of nitrogens with one attached hydrogen (secondary N) is 1. The Morgan fingerprint density at radius 2 is 1.94 bits per heavy atom. The van der Waals surface area contributed by atoms with E-state index in [9.17, 15) is 9.90 Å². The molecule has 0 bridgehead atoms. The number of aryl methyl sites for hydroxylation is 2. The van der Waals surface area contributed by atoms with Gasteiger partial charge in [0.05, 0.1) is 6.04 Å². The maximum atomic E-state index is 13.5. The topological polar surface area (TPSA) is 82.1 Å². The molecule has 0 aliphatic carbocycles. The predicted molar refractivity (Wildman–Crippen MR) is 125 cm³/mol. The van der Waals surface area contributed by atoms with Gasteiger partial charge in [0.1, 0.15) is 17.1 Å². The molecule has 0 radical (unpaired) electrons. The second-order valence-corrected chi connectivity index (χ2v) is 9.00. The van der Waals surface area contributed by atoms with E-state index in [0.717, 1.165) is 32.3 Å². The number of phenolic OH excluding ortho intramolecular Hbond substituents is 1. The highest BCUT2D eigenvalue weighted by molar-refractivity contribution is 9.10. The van der Waals surface area contributed by atoms with Gasteiger partial charge in [0.2, 0.25) is 0 Å². The van der Waals surface area contributed by atoms with Gasteiger partial charge in [0.15, 0.2) is 0 Å². The molecule has 0 saturated carbocycles. The van der Waals surface area contributed by atoms with Crippen molar-refractivity contribution in [1.82, 2.24) is 20.1 Å². The van der Waals surface area contributed by atoms with Crippen molar-refractivity contribution in [2.75, 3.05) is 0 Å². The van der Waals surface area contributed by atoms with E-state index in [4.69, 9.17) is 0 Å². The van der Waals surface area contributed by atoms with E-state index >= 15 is 0 Å². The largest absolute Gasteiger partial charge is 0.507 e. The number of amides is 1. The minimum absolute atomic E-state index is 0.126. The Balaban J connectivity index is 1.69. The number of H-pyrrole nitrogens is 1. The van der Waals surface area contributed by atoms with E-state index in [1.165, 1.54) is 0 Å². The molecule has 7 heteroatoms. The number of hydrogen-bond donors (Lipinski definition) is 2. The lowest BCUT2D eigenvalue weighted by Crippen LogP contribution is -2.29. The third-order valence-electron chi connectivity index (χ3n) is 5.83. The zero-order chi connectivity index (χ0) is 22.4. The van der Waals surface area contributed by atoms with Gasteiger partial charge in [-0.25, -0.2) is 0 Å². The number of pyridine rings is 1. The van der Waals surface area contributed by atoms with E-state index in [-0.39, 0.29) is 17.7 Å². The smallest absolute Gasteiger partial charge is 0.273 e. The summed E-state index contributed by atoms with van der Waals surface area (Å²) in [5.41, 5.74) is 6.15. The van der Waals surface area contributed by atoms with E-state index < -0.39 is 0 Å². The van der Waals surface area contributed by atoms with Crippen LogP contribution in [0.1, 0.15) is 44.3 Å². The molecule has 0 fully saturated rings. The molecule has 3 heterocycles. The van der Waals surface area contributed by atoms with Gasteiger partial charge in [-0.1, -0.05) is 40.2 Å². The summed E-state index contributed by atoms with van der Waals surface area (Å²) in [5, 5.41) is 18.3. The first kappa shape index (κ1) is 20.5. The molecule has 32 heavy (non-hydrogen) atoms. The van der Waals surface area contributed by atoms with Crippen LogP contribution in [0.5, 0.6) is 5.75 Å². The number of rotatable bonds is 4. The molecule has 6 nitrogen and oxygen atoms in total. The maximum Gasteiger partial charge on any atom is 0.273 e. The molecular formula is C25H21BrN4O2. The summed E-state index contributed by atoms with van der Waals surface area (Å²) in [7, 11) is 0. The summed E-state index contributed by atoms with van der Waals surface area (Å²) in [6.45, 7) is 4.26. The summed E-state index contributed by atoms with van der Waals surface area (Å²) in [4.78, 5) is 19.5. The van der Waals surface area contributed by atoms with Crippen LogP contribution in [0, 0.1) is 13.8 Å². The van der Waals surface area contributed by atoms with E-state index in [2.05, 4.69) is 31.1 Å². The zero-order valence-electron chi connectivity index (χ0n) is 17.6. The summed E-state index contributed by atoms with van der Waals surface area (Å²) >= 11 is 3.50. The molecule has 1 atom stereocenters. The van der Waals surface area contributed by atoms with Gasteiger partial charge in [-0.05, 0) is 60.4 Å². The third kappa shape index (κ3) is 3.39. The monoisotopic (exact) mass is 488 g/mol. The molecule has 160 valence electrons. The Bertz CT molecular complexity index is 1320. The number of carbonyl (C=O) groups excluding carboxylic acids is 1. The average Bonchev–Trinajstić information content (AvgIpc) is 3.32. The summed E-state index contributed by atoms with van der Waals surface area (Å²) in [6.07, 6.45) is 3.49. The van der Waals surface area contributed by atoms with E-state index in [1.807, 2.05) is 67.3 Å². The summed E-state index contributed by atoms with van der Waals surface area (Å²) in [5.74, 6) is 0.0528. The van der Waals surface area contributed by atoms with Crippen molar-refractivity contribution in [1.29, 1.82) is 0 Å². The first-order valence-corrected chi connectivity index (χ1v) is 11.1. The van der Waals surface area contributed by atoms with Crippen LogP contribution in [0.3, 0.4) is 0 Å². The van der Waals surface area contributed by atoms with Gasteiger partial charge in [0, 0.05) is 34.5 Å². The van der Waals surface area contributed by atoms with Crippen LogP contribution in [0.4, 0.5) is 0 Å². The Kier molecular flexibility index (Phi) is 5.06. The second kappa shape index (κ2) is 7.91. The number of aromatic hydroxyl groups is 1. The number of aromatic nitrogens is 3. The van der Waals surface area contributed by atoms with Gasteiger partial charge in [0.25, 0.3) is 5.91 Å².